The first-order chi connectivity index (χ1) is 7.57. The van der Waals surface area contributed by atoms with Crippen molar-refractivity contribution in [2.75, 3.05) is 32.2 Å². The van der Waals surface area contributed by atoms with E-state index in [2.05, 4.69) is 4.98 Å². The molecule has 0 atom stereocenters. The fourth-order valence-corrected chi connectivity index (χ4v) is 1.72. The van der Waals surface area contributed by atoms with Crippen LogP contribution in [0.1, 0.15) is 11.1 Å². The van der Waals surface area contributed by atoms with Crippen LogP contribution in [0.3, 0.4) is 0 Å². The van der Waals surface area contributed by atoms with Crippen LogP contribution in [0.4, 0.5) is 5.82 Å². The molecule has 0 saturated heterocycles. The Morgan fingerprint density at radius 2 is 2.31 bits per heavy atom. The maximum Gasteiger partial charge on any atom is 0.138 e. The second-order valence-electron chi connectivity index (χ2n) is 3.61. The molecule has 0 amide bonds. The highest BCUT2D eigenvalue weighted by atomic mass is 32.1. The van der Waals surface area contributed by atoms with E-state index in [4.69, 9.17) is 22.7 Å². The quantitative estimate of drug-likeness (QED) is 0.780. The van der Waals surface area contributed by atoms with Crippen molar-refractivity contribution in [1.29, 1.82) is 0 Å². The summed E-state index contributed by atoms with van der Waals surface area (Å²) in [5, 5.41) is 0. The first-order valence-electron chi connectivity index (χ1n) is 5.03. The van der Waals surface area contributed by atoms with Crippen LogP contribution < -0.4 is 10.6 Å². The molecule has 0 aliphatic rings. The van der Waals surface area contributed by atoms with Crippen LogP contribution >= 0.6 is 12.2 Å². The topological polar surface area (TPSA) is 51.4 Å². The zero-order valence-corrected chi connectivity index (χ0v) is 10.7. The van der Waals surface area contributed by atoms with Gasteiger partial charge in [0.25, 0.3) is 0 Å². The minimum absolute atomic E-state index is 0.380. The number of aryl methyl sites for hydroxylation is 1. The molecule has 0 unspecified atom stereocenters. The molecule has 0 aromatic carbocycles. The molecule has 1 heterocycles. The zero-order chi connectivity index (χ0) is 12.1. The maximum atomic E-state index is 5.72. The first-order valence-corrected chi connectivity index (χ1v) is 5.44. The van der Waals surface area contributed by atoms with Gasteiger partial charge in [-0.2, -0.15) is 0 Å². The molecule has 0 fully saturated rings. The third-order valence-corrected chi connectivity index (χ3v) is 2.58. The van der Waals surface area contributed by atoms with E-state index in [1.807, 2.05) is 24.9 Å². The van der Waals surface area contributed by atoms with Gasteiger partial charge in [-0.25, -0.2) is 4.98 Å². The molecule has 4 nitrogen and oxygen atoms in total. The zero-order valence-electron chi connectivity index (χ0n) is 9.86. The van der Waals surface area contributed by atoms with Gasteiger partial charge in [-0.05, 0) is 18.6 Å². The number of nitrogens with two attached hydrogens (primary N) is 1. The van der Waals surface area contributed by atoms with Gasteiger partial charge in [0.15, 0.2) is 0 Å². The van der Waals surface area contributed by atoms with E-state index in [9.17, 15) is 0 Å². The van der Waals surface area contributed by atoms with E-state index < -0.39 is 0 Å². The van der Waals surface area contributed by atoms with Crippen LogP contribution in [0, 0.1) is 6.92 Å². The van der Waals surface area contributed by atoms with Gasteiger partial charge in [-0.1, -0.05) is 12.2 Å². The number of thiocarbonyl (C=S) groups is 1. The van der Waals surface area contributed by atoms with E-state index in [1.54, 1.807) is 13.3 Å². The lowest BCUT2D eigenvalue weighted by molar-refractivity contribution is 0.206. The van der Waals surface area contributed by atoms with E-state index in [0.717, 1.165) is 23.5 Å². The molecule has 0 radical (unpaired) electrons. The molecule has 0 aliphatic heterocycles. The smallest absolute Gasteiger partial charge is 0.138 e. The van der Waals surface area contributed by atoms with Gasteiger partial charge in [-0.3, -0.25) is 0 Å². The van der Waals surface area contributed by atoms with Crippen molar-refractivity contribution in [2.24, 2.45) is 5.73 Å². The number of methoxy groups -OCH3 is 1. The van der Waals surface area contributed by atoms with Gasteiger partial charge in [0.05, 0.1) is 12.2 Å². The van der Waals surface area contributed by atoms with Crippen molar-refractivity contribution in [3.05, 3.63) is 23.4 Å². The van der Waals surface area contributed by atoms with E-state index >= 15 is 0 Å². The molecule has 0 bridgehead atoms. The molecule has 16 heavy (non-hydrogen) atoms. The average molecular weight is 239 g/mol. The fourth-order valence-electron chi connectivity index (χ4n) is 1.47. The number of aromatic nitrogens is 1. The number of anilines is 1. The van der Waals surface area contributed by atoms with Gasteiger partial charge in [0.2, 0.25) is 0 Å². The van der Waals surface area contributed by atoms with Crippen LogP contribution in [0.15, 0.2) is 12.3 Å². The summed E-state index contributed by atoms with van der Waals surface area (Å²) in [4.78, 5) is 6.69. The molecule has 88 valence electrons. The molecule has 1 aromatic rings. The second-order valence-corrected chi connectivity index (χ2v) is 4.04. The minimum atomic E-state index is 0.380. The van der Waals surface area contributed by atoms with Crippen molar-refractivity contribution in [1.82, 2.24) is 4.98 Å². The molecular weight excluding hydrogens is 222 g/mol. The van der Waals surface area contributed by atoms with Crippen molar-refractivity contribution in [3.8, 4) is 0 Å². The summed E-state index contributed by atoms with van der Waals surface area (Å²) in [6, 6.07) is 1.90. The standard InChI is InChI=1S/C11H17N3OS/c1-8-4-5-13-11(9(8)10(12)16)14(2)6-7-15-3/h4-5H,6-7H2,1-3H3,(H2,12,16). The minimum Gasteiger partial charge on any atom is -0.389 e. The van der Waals surface area contributed by atoms with Crippen LogP contribution in [0.5, 0.6) is 0 Å². The average Bonchev–Trinajstić information content (AvgIpc) is 2.24. The third kappa shape index (κ3) is 2.90. The van der Waals surface area contributed by atoms with E-state index in [-0.39, 0.29) is 0 Å². The molecule has 1 aromatic heterocycles. The van der Waals surface area contributed by atoms with Gasteiger partial charge >= 0.3 is 0 Å². The highest BCUT2D eigenvalue weighted by Gasteiger charge is 2.13. The normalized spacial score (nSPS) is 10.2. The Morgan fingerprint density at radius 1 is 1.62 bits per heavy atom. The van der Waals surface area contributed by atoms with Crippen LogP contribution in [-0.2, 0) is 4.74 Å². The lowest BCUT2D eigenvalue weighted by Crippen LogP contribution is -2.27. The number of hydrogen-bond donors (Lipinski definition) is 1. The van der Waals surface area contributed by atoms with Gasteiger partial charge < -0.3 is 15.4 Å². The molecule has 5 heteroatoms. The molecule has 2 N–H and O–H groups in total. The predicted octanol–water partition coefficient (Wildman–Crippen LogP) is 1.11. The summed E-state index contributed by atoms with van der Waals surface area (Å²) < 4.78 is 5.03. The fraction of sp³-hybridized carbons (Fsp3) is 0.455. The van der Waals surface area contributed by atoms with Gasteiger partial charge in [-0.15, -0.1) is 0 Å². The third-order valence-electron chi connectivity index (χ3n) is 2.38. The first kappa shape index (κ1) is 12.9. The highest BCUT2D eigenvalue weighted by Crippen LogP contribution is 2.19. The molecule has 0 saturated carbocycles. The van der Waals surface area contributed by atoms with E-state index in [1.165, 1.54) is 0 Å². The largest absolute Gasteiger partial charge is 0.389 e. The summed E-state index contributed by atoms with van der Waals surface area (Å²) in [7, 11) is 3.62. The van der Waals surface area contributed by atoms with Crippen molar-refractivity contribution < 1.29 is 4.74 Å². The Labute approximate surface area is 101 Å². The number of nitrogens with zero attached hydrogens (tertiary/aromatic N) is 2. The van der Waals surface area contributed by atoms with Crippen LogP contribution in [0.2, 0.25) is 0 Å². The molecule has 0 spiro atoms. The van der Waals surface area contributed by atoms with Crippen molar-refractivity contribution >= 4 is 23.0 Å². The summed E-state index contributed by atoms with van der Waals surface area (Å²) in [5.74, 6) is 0.810. The van der Waals surface area contributed by atoms with Crippen LogP contribution in [-0.4, -0.2) is 37.3 Å². The number of rotatable bonds is 5. The summed E-state index contributed by atoms with van der Waals surface area (Å²) in [6.45, 7) is 3.37. The Balaban J connectivity index is 3.02. The number of hydrogen-bond acceptors (Lipinski definition) is 4. The summed E-state index contributed by atoms with van der Waals surface area (Å²) in [5.41, 5.74) is 7.60. The summed E-state index contributed by atoms with van der Waals surface area (Å²) >= 11 is 5.05. The van der Waals surface area contributed by atoms with Gasteiger partial charge in [0, 0.05) is 26.9 Å². The van der Waals surface area contributed by atoms with Crippen molar-refractivity contribution in [3.63, 3.8) is 0 Å². The number of ether oxygens (including phenoxy) is 1. The lowest BCUT2D eigenvalue weighted by Gasteiger charge is -2.21. The Hall–Kier alpha value is -1.20. The molecule has 0 aliphatic carbocycles. The summed E-state index contributed by atoms with van der Waals surface area (Å²) in [6.07, 6.45) is 1.76. The Kier molecular flexibility index (Phi) is 4.64. The van der Waals surface area contributed by atoms with Crippen LogP contribution in [0.25, 0.3) is 0 Å². The van der Waals surface area contributed by atoms with Crippen molar-refractivity contribution in [2.45, 2.75) is 6.92 Å². The molecular formula is C11H17N3OS. The maximum absolute atomic E-state index is 5.72. The Bertz CT molecular complexity index is 381. The monoisotopic (exact) mass is 239 g/mol. The SMILES string of the molecule is COCCN(C)c1nccc(C)c1C(N)=S. The number of pyridine rings is 1. The van der Waals surface area contributed by atoms with Gasteiger partial charge in [0.1, 0.15) is 10.8 Å². The van der Waals surface area contributed by atoms with E-state index in [0.29, 0.717) is 11.6 Å². The Morgan fingerprint density at radius 3 is 2.88 bits per heavy atom. The second kappa shape index (κ2) is 5.77. The predicted molar refractivity (Wildman–Crippen MR) is 70.0 cm³/mol. The number of likely N-dealkylation sites (N-methyl/N-ethyl adjacent to an activating group) is 1. The molecule has 1 rings (SSSR count). The lowest BCUT2D eigenvalue weighted by atomic mass is 10.1. The highest BCUT2D eigenvalue weighted by molar-refractivity contribution is 7.80.